The minimum atomic E-state index is -3.20. The number of amides is 1. The Balaban J connectivity index is 1.32. The molecular weight excluding hydrogens is 630 g/mol. The van der Waals surface area contributed by atoms with E-state index < -0.39 is 41.2 Å². The number of para-hydroxylation sites is 1. The zero-order valence-corrected chi connectivity index (χ0v) is 25.0. The molecule has 1 aliphatic heterocycles. The molecule has 1 amide bonds. The number of hydrogen-bond donors (Lipinski definition) is 3. The van der Waals surface area contributed by atoms with Crippen molar-refractivity contribution in [2.75, 3.05) is 10.6 Å². The van der Waals surface area contributed by atoms with Crippen LogP contribution in [0.5, 0.6) is 17.4 Å². The number of ketones is 1. The predicted octanol–water partition coefficient (Wildman–Crippen LogP) is 5.54. The fourth-order valence-corrected chi connectivity index (χ4v) is 5.39. The van der Waals surface area contributed by atoms with Gasteiger partial charge in [-0.2, -0.15) is 13.9 Å². The first-order valence-corrected chi connectivity index (χ1v) is 13.9. The van der Waals surface area contributed by atoms with E-state index in [9.17, 15) is 27.2 Å². The van der Waals surface area contributed by atoms with E-state index in [0.29, 0.717) is 22.2 Å². The number of H-pyrrole nitrogens is 1. The van der Waals surface area contributed by atoms with Gasteiger partial charge in [0.05, 0.1) is 35.0 Å². The molecule has 0 spiro atoms. The first-order chi connectivity index (χ1) is 21.7. The third kappa shape index (κ3) is 5.25. The molecule has 0 radical (unpaired) electrons. The molecule has 4 N–H and O–H groups in total. The number of rotatable bonds is 8. The Morgan fingerprint density at radius 3 is 2.43 bits per heavy atom. The Bertz CT molecular complexity index is 2060. The zero-order chi connectivity index (χ0) is 33.1. The van der Waals surface area contributed by atoms with Crippen molar-refractivity contribution in [3.63, 3.8) is 0 Å². The maximum Gasteiger partial charge on any atom is 0.387 e. The number of alkyl halides is 2. The highest BCUT2D eigenvalue weighted by atomic mass is 32.1. The van der Waals surface area contributed by atoms with Crippen LogP contribution in [0, 0.1) is 18.6 Å². The molecule has 1 aliphatic rings. The van der Waals surface area contributed by atoms with Gasteiger partial charge < -0.3 is 25.5 Å². The van der Waals surface area contributed by atoms with Gasteiger partial charge in [0.25, 0.3) is 5.91 Å². The maximum absolute atomic E-state index is 14.0. The largest absolute Gasteiger partial charge is 0.433 e. The second-order valence-corrected chi connectivity index (χ2v) is 11.2. The molecule has 3 aromatic heterocycles. The number of carbonyl (C=O) groups excluding carboxylic acids is 2. The molecule has 0 atom stereocenters. The molecule has 0 unspecified atom stereocenters. The van der Waals surface area contributed by atoms with Gasteiger partial charge in [-0.1, -0.05) is 6.07 Å². The number of thiocarbonyl (C=S) groups is 1. The van der Waals surface area contributed by atoms with E-state index in [-0.39, 0.29) is 39.5 Å². The molecule has 1 fully saturated rings. The van der Waals surface area contributed by atoms with Gasteiger partial charge in [0.2, 0.25) is 17.4 Å². The van der Waals surface area contributed by atoms with Gasteiger partial charge in [0.15, 0.2) is 22.5 Å². The Morgan fingerprint density at radius 2 is 1.80 bits per heavy atom. The summed E-state index contributed by atoms with van der Waals surface area (Å²) in [5, 5.41) is 7.40. The van der Waals surface area contributed by atoms with Crippen molar-refractivity contribution in [3.8, 4) is 23.1 Å². The third-order valence-corrected chi connectivity index (χ3v) is 7.51. The van der Waals surface area contributed by atoms with Gasteiger partial charge in [0.1, 0.15) is 11.4 Å². The number of carbonyl (C=O) groups is 2. The molecular formula is C30H23F4N7O4S. The molecule has 6 rings (SSSR count). The number of halogens is 4. The number of hydrogen-bond acceptors (Lipinski definition) is 8. The highest BCUT2D eigenvalue weighted by Gasteiger charge is 2.44. The van der Waals surface area contributed by atoms with Crippen LogP contribution in [0.25, 0.3) is 16.6 Å². The summed E-state index contributed by atoms with van der Waals surface area (Å²) in [6.45, 7) is 1.65. The maximum atomic E-state index is 14.0. The van der Waals surface area contributed by atoms with Crippen LogP contribution in [0.2, 0.25) is 0 Å². The van der Waals surface area contributed by atoms with Crippen molar-refractivity contribution >= 4 is 51.4 Å². The Morgan fingerprint density at radius 1 is 1.09 bits per heavy atom. The Kier molecular flexibility index (Phi) is 7.39. The number of aryl methyl sites for hydroxylation is 1. The summed E-state index contributed by atoms with van der Waals surface area (Å²) < 4.78 is 66.0. The number of anilines is 2. The van der Waals surface area contributed by atoms with Gasteiger partial charge in [-0.05, 0) is 68.9 Å². The standard InChI is InChI=1S/C30H23F4N7O4S/c1-13-7-23(45-25-16(31)5-4-6-17(25)32)36-12-21(13)41-26(35)15(11-37-41)24(42)19-8-14-9-22(44-28(33)34)20(10-18(14)38-19)40-27(43)30(2,3)39-29(40)46/h4-12,28,38H,35H2,1-3H3,(H,39,46). The van der Waals surface area contributed by atoms with Gasteiger partial charge >= 0.3 is 6.61 Å². The quantitative estimate of drug-likeness (QED) is 0.112. The Hall–Kier alpha value is -5.51. The minimum Gasteiger partial charge on any atom is -0.433 e. The number of nitrogens with zero attached hydrogens (tertiary/aromatic N) is 4. The fraction of sp³-hybridized carbons (Fsp3) is 0.167. The van der Waals surface area contributed by atoms with E-state index in [0.717, 1.165) is 17.0 Å². The lowest BCUT2D eigenvalue weighted by Gasteiger charge is -2.20. The number of benzene rings is 2. The van der Waals surface area contributed by atoms with E-state index in [1.165, 1.54) is 47.4 Å². The summed E-state index contributed by atoms with van der Waals surface area (Å²) >= 11 is 5.29. The van der Waals surface area contributed by atoms with Crippen molar-refractivity contribution < 1.29 is 36.6 Å². The molecule has 1 saturated heterocycles. The first-order valence-electron chi connectivity index (χ1n) is 13.5. The molecule has 4 heterocycles. The monoisotopic (exact) mass is 653 g/mol. The summed E-state index contributed by atoms with van der Waals surface area (Å²) in [6, 6.07) is 8.80. The number of ether oxygens (including phenoxy) is 2. The number of nitrogens with one attached hydrogen (secondary N) is 2. The number of pyridine rings is 1. The lowest BCUT2D eigenvalue weighted by molar-refractivity contribution is -0.121. The lowest BCUT2D eigenvalue weighted by atomic mass is 10.1. The molecule has 11 nitrogen and oxygen atoms in total. The van der Waals surface area contributed by atoms with Crippen LogP contribution in [0.1, 0.15) is 35.5 Å². The number of aromatic amines is 1. The van der Waals surface area contributed by atoms with Gasteiger partial charge in [-0.3, -0.25) is 14.5 Å². The highest BCUT2D eigenvalue weighted by Crippen LogP contribution is 2.38. The molecule has 2 aromatic carbocycles. The van der Waals surface area contributed by atoms with Crippen LogP contribution in [0.3, 0.4) is 0 Å². The van der Waals surface area contributed by atoms with Gasteiger partial charge in [-0.25, -0.2) is 18.4 Å². The van der Waals surface area contributed by atoms with Crippen LogP contribution in [0.4, 0.5) is 29.1 Å². The van der Waals surface area contributed by atoms with Crippen molar-refractivity contribution in [2.24, 2.45) is 0 Å². The summed E-state index contributed by atoms with van der Waals surface area (Å²) in [5.74, 6) is -3.93. The van der Waals surface area contributed by atoms with E-state index in [2.05, 4.69) is 20.4 Å². The third-order valence-electron chi connectivity index (χ3n) is 7.23. The summed E-state index contributed by atoms with van der Waals surface area (Å²) in [6.07, 6.45) is 2.56. The highest BCUT2D eigenvalue weighted by molar-refractivity contribution is 7.80. The average molecular weight is 654 g/mol. The molecule has 0 saturated carbocycles. The zero-order valence-electron chi connectivity index (χ0n) is 24.2. The van der Waals surface area contributed by atoms with E-state index in [1.807, 2.05) is 0 Å². The second kappa shape index (κ2) is 11.1. The number of nitrogens with two attached hydrogens (primary N) is 1. The normalized spacial score (nSPS) is 14.3. The number of nitrogen functional groups attached to an aromatic ring is 1. The fourth-order valence-electron chi connectivity index (χ4n) is 4.96. The molecule has 16 heteroatoms. The SMILES string of the molecule is Cc1cc(Oc2c(F)cccc2F)ncc1-n1ncc(C(=O)c2cc3cc(OC(F)F)c(N4C(=O)C(C)(C)NC4=S)cc3[nH]2)c1N. The first kappa shape index (κ1) is 30.5. The smallest absolute Gasteiger partial charge is 0.387 e. The lowest BCUT2D eigenvalue weighted by Crippen LogP contribution is -2.40. The Labute approximate surface area is 262 Å². The molecule has 0 aliphatic carbocycles. The molecule has 46 heavy (non-hydrogen) atoms. The predicted molar refractivity (Wildman–Crippen MR) is 163 cm³/mol. The van der Waals surface area contributed by atoms with E-state index >= 15 is 0 Å². The van der Waals surface area contributed by atoms with Crippen molar-refractivity contribution in [1.82, 2.24) is 25.1 Å². The van der Waals surface area contributed by atoms with Crippen LogP contribution < -0.4 is 25.4 Å². The number of fused-ring (bicyclic) bond motifs is 1. The van der Waals surface area contributed by atoms with Crippen molar-refractivity contribution in [3.05, 3.63) is 83.3 Å². The summed E-state index contributed by atoms with van der Waals surface area (Å²) in [4.78, 5) is 34.7. The minimum absolute atomic E-state index is 0.000261. The molecule has 236 valence electrons. The summed E-state index contributed by atoms with van der Waals surface area (Å²) in [5.41, 5.74) is 6.44. The van der Waals surface area contributed by atoms with E-state index in [1.54, 1.807) is 20.8 Å². The molecule has 0 bridgehead atoms. The van der Waals surface area contributed by atoms with Gasteiger partial charge in [-0.15, -0.1) is 0 Å². The number of aromatic nitrogens is 4. The van der Waals surface area contributed by atoms with Crippen molar-refractivity contribution in [2.45, 2.75) is 32.9 Å². The van der Waals surface area contributed by atoms with E-state index in [4.69, 9.17) is 27.4 Å². The molecule has 5 aromatic rings. The van der Waals surface area contributed by atoms with Crippen LogP contribution >= 0.6 is 12.2 Å². The van der Waals surface area contributed by atoms with Gasteiger partial charge in [0, 0.05) is 17.0 Å². The van der Waals surface area contributed by atoms with Crippen molar-refractivity contribution in [1.29, 1.82) is 0 Å². The van der Waals surface area contributed by atoms with Crippen LogP contribution in [-0.4, -0.2) is 48.7 Å². The van der Waals surface area contributed by atoms with Crippen LogP contribution in [0.15, 0.2) is 54.9 Å². The average Bonchev–Trinajstić information content (AvgIpc) is 3.62. The summed E-state index contributed by atoms with van der Waals surface area (Å²) in [7, 11) is 0. The van der Waals surface area contributed by atoms with Crippen LogP contribution in [-0.2, 0) is 4.79 Å². The second-order valence-electron chi connectivity index (χ2n) is 10.8. The topological polar surface area (TPSA) is 140 Å².